The number of amides is 2. The van der Waals surface area contributed by atoms with Crippen LogP contribution in [0.25, 0.3) is 5.57 Å². The van der Waals surface area contributed by atoms with E-state index in [9.17, 15) is 14.7 Å². The molecule has 1 fully saturated rings. The molecule has 2 aromatic rings. The van der Waals surface area contributed by atoms with E-state index in [0.29, 0.717) is 10.6 Å². The van der Waals surface area contributed by atoms with Gasteiger partial charge in [-0.15, -0.1) is 0 Å². The summed E-state index contributed by atoms with van der Waals surface area (Å²) in [5.41, 5.74) is 2.11. The summed E-state index contributed by atoms with van der Waals surface area (Å²) in [7, 11) is 0. The van der Waals surface area contributed by atoms with Crippen LogP contribution in [0.15, 0.2) is 57.9 Å². The number of phenols is 1. The lowest BCUT2D eigenvalue weighted by Crippen LogP contribution is -2.27. The van der Waals surface area contributed by atoms with Crippen LogP contribution in [0.5, 0.6) is 5.75 Å². The van der Waals surface area contributed by atoms with Crippen LogP contribution >= 0.6 is 27.7 Å². The first-order valence-corrected chi connectivity index (χ1v) is 8.40. The summed E-state index contributed by atoms with van der Waals surface area (Å²) in [6, 6.07) is 13.6. The summed E-state index contributed by atoms with van der Waals surface area (Å²) < 4.78 is 0.950. The van der Waals surface area contributed by atoms with Gasteiger partial charge in [-0.25, -0.2) is 4.90 Å². The fourth-order valence-electron chi connectivity index (χ4n) is 2.25. The molecule has 0 radical (unpaired) electrons. The second-order valence-corrected chi connectivity index (χ2v) is 6.86. The molecule has 0 aliphatic carbocycles. The van der Waals surface area contributed by atoms with Crippen LogP contribution < -0.4 is 4.90 Å². The molecule has 2 amide bonds. The normalized spacial score (nSPS) is 16.9. The molecule has 0 unspecified atom stereocenters. The summed E-state index contributed by atoms with van der Waals surface area (Å²) in [5, 5.41) is 9.00. The fourth-order valence-corrected chi connectivity index (χ4v) is 3.42. The van der Waals surface area contributed by atoms with Crippen molar-refractivity contribution in [2.45, 2.75) is 6.92 Å². The van der Waals surface area contributed by atoms with Gasteiger partial charge in [-0.1, -0.05) is 28.1 Å². The van der Waals surface area contributed by atoms with Gasteiger partial charge >= 0.3 is 0 Å². The minimum atomic E-state index is -0.342. The van der Waals surface area contributed by atoms with Crippen LogP contribution in [0.4, 0.5) is 10.5 Å². The molecule has 0 spiro atoms. The Bertz CT molecular complexity index is 813. The van der Waals surface area contributed by atoms with E-state index in [0.717, 1.165) is 32.3 Å². The van der Waals surface area contributed by atoms with Crippen LogP contribution in [0.1, 0.15) is 12.5 Å². The molecule has 0 saturated carbocycles. The number of rotatable bonds is 2. The first-order valence-electron chi connectivity index (χ1n) is 6.79. The summed E-state index contributed by atoms with van der Waals surface area (Å²) >= 11 is 4.31. The van der Waals surface area contributed by atoms with E-state index >= 15 is 0 Å². The molecule has 1 aliphatic rings. The van der Waals surface area contributed by atoms with Crippen molar-refractivity contribution in [2.24, 2.45) is 0 Å². The number of benzene rings is 2. The van der Waals surface area contributed by atoms with E-state index < -0.39 is 0 Å². The Balaban J connectivity index is 1.98. The van der Waals surface area contributed by atoms with Gasteiger partial charge in [0.15, 0.2) is 0 Å². The first kappa shape index (κ1) is 15.8. The van der Waals surface area contributed by atoms with Gasteiger partial charge in [-0.2, -0.15) is 0 Å². The van der Waals surface area contributed by atoms with Crippen molar-refractivity contribution >= 4 is 50.1 Å². The van der Waals surface area contributed by atoms with E-state index in [4.69, 9.17) is 0 Å². The third kappa shape index (κ3) is 3.04. The smallest absolute Gasteiger partial charge is 0.298 e. The number of phenolic OH excluding ortho intramolecular Hbond substituents is 1. The zero-order chi connectivity index (χ0) is 16.6. The maximum atomic E-state index is 12.6. The monoisotopic (exact) mass is 389 g/mol. The highest BCUT2D eigenvalue weighted by Gasteiger charge is 2.37. The lowest BCUT2D eigenvalue weighted by atomic mass is 10.1. The minimum absolute atomic E-state index is 0.0855. The molecule has 3 rings (SSSR count). The summed E-state index contributed by atoms with van der Waals surface area (Å²) in [5.74, 6) is -0.256. The van der Waals surface area contributed by atoms with Gasteiger partial charge < -0.3 is 5.11 Å². The van der Waals surface area contributed by atoms with Crippen molar-refractivity contribution in [1.29, 1.82) is 0 Å². The van der Waals surface area contributed by atoms with Crippen molar-refractivity contribution in [2.75, 3.05) is 4.90 Å². The second-order valence-electron chi connectivity index (χ2n) is 4.99. The predicted molar refractivity (Wildman–Crippen MR) is 95.3 cm³/mol. The van der Waals surface area contributed by atoms with Crippen molar-refractivity contribution in [3.05, 3.63) is 63.5 Å². The Morgan fingerprint density at radius 2 is 1.65 bits per heavy atom. The van der Waals surface area contributed by atoms with Crippen molar-refractivity contribution < 1.29 is 14.7 Å². The van der Waals surface area contributed by atoms with Crippen LogP contribution in [0.2, 0.25) is 0 Å². The highest BCUT2D eigenvalue weighted by atomic mass is 79.9. The Labute approximate surface area is 145 Å². The van der Waals surface area contributed by atoms with Gasteiger partial charge in [0.25, 0.3) is 11.1 Å². The molecule has 1 heterocycles. The number of nitrogens with zero attached hydrogens (tertiary/aromatic N) is 1. The Morgan fingerprint density at radius 3 is 2.26 bits per heavy atom. The molecule has 1 saturated heterocycles. The van der Waals surface area contributed by atoms with Gasteiger partial charge in [0.05, 0.1) is 10.6 Å². The van der Waals surface area contributed by atoms with E-state index in [1.54, 1.807) is 12.1 Å². The number of carbonyl (C=O) groups excluding carboxylic acids is 2. The highest BCUT2D eigenvalue weighted by molar-refractivity contribution is 9.10. The third-order valence-corrected chi connectivity index (χ3v) is 5.07. The third-order valence-electron chi connectivity index (χ3n) is 3.50. The number of aromatic hydroxyl groups is 1. The lowest BCUT2D eigenvalue weighted by Gasteiger charge is -2.12. The van der Waals surface area contributed by atoms with Gasteiger partial charge in [0.1, 0.15) is 5.75 Å². The van der Waals surface area contributed by atoms with Crippen LogP contribution in [-0.4, -0.2) is 16.3 Å². The SMILES string of the molecule is C/C(=C1/SC(=O)N(c2ccc(O)cc2)C1=O)c1ccc(Br)cc1. The van der Waals surface area contributed by atoms with Crippen LogP contribution in [0, 0.1) is 0 Å². The number of imide groups is 1. The van der Waals surface area contributed by atoms with Crippen LogP contribution in [-0.2, 0) is 4.79 Å². The molecule has 116 valence electrons. The average Bonchev–Trinajstić information content (AvgIpc) is 2.83. The van der Waals surface area contributed by atoms with Gasteiger partial charge in [0, 0.05) is 4.47 Å². The minimum Gasteiger partial charge on any atom is -0.508 e. The molecule has 1 aliphatic heterocycles. The quantitative estimate of drug-likeness (QED) is 0.750. The molecule has 0 aromatic heterocycles. The zero-order valence-electron chi connectivity index (χ0n) is 12.1. The van der Waals surface area contributed by atoms with Gasteiger partial charge in [-0.3, -0.25) is 9.59 Å². The lowest BCUT2D eigenvalue weighted by molar-refractivity contribution is -0.113. The number of anilines is 1. The standard InChI is InChI=1S/C17H12BrNO3S/c1-10(11-2-4-12(18)5-3-11)15-16(21)19(17(22)23-15)13-6-8-14(20)9-7-13/h2-9,20H,1H3/b15-10-. The number of hydrogen-bond acceptors (Lipinski definition) is 4. The molecule has 2 aromatic carbocycles. The van der Waals surface area contributed by atoms with Crippen molar-refractivity contribution in [3.63, 3.8) is 0 Å². The Morgan fingerprint density at radius 1 is 1.04 bits per heavy atom. The topological polar surface area (TPSA) is 57.6 Å². The molecule has 0 bridgehead atoms. The number of thioether (sulfide) groups is 1. The molecular weight excluding hydrogens is 378 g/mol. The van der Waals surface area contributed by atoms with Crippen molar-refractivity contribution in [3.8, 4) is 5.75 Å². The van der Waals surface area contributed by atoms with E-state index in [1.165, 1.54) is 12.1 Å². The first-order chi connectivity index (χ1) is 11.0. The molecule has 23 heavy (non-hydrogen) atoms. The van der Waals surface area contributed by atoms with Crippen molar-refractivity contribution in [1.82, 2.24) is 0 Å². The summed E-state index contributed by atoms with van der Waals surface area (Å²) in [4.78, 5) is 26.4. The molecular formula is C17H12BrNO3S. The zero-order valence-corrected chi connectivity index (χ0v) is 14.5. The fraction of sp³-hybridized carbons (Fsp3) is 0.0588. The van der Waals surface area contributed by atoms with E-state index in [1.807, 2.05) is 31.2 Å². The Kier molecular flexibility index (Phi) is 4.28. The van der Waals surface area contributed by atoms with E-state index in [2.05, 4.69) is 15.9 Å². The largest absolute Gasteiger partial charge is 0.508 e. The molecule has 0 atom stereocenters. The number of hydrogen-bond donors (Lipinski definition) is 1. The maximum absolute atomic E-state index is 12.6. The summed E-state index contributed by atoms with van der Waals surface area (Å²) in [6.45, 7) is 1.83. The van der Waals surface area contributed by atoms with Crippen LogP contribution in [0.3, 0.4) is 0 Å². The average molecular weight is 390 g/mol. The van der Waals surface area contributed by atoms with E-state index in [-0.39, 0.29) is 16.9 Å². The number of allylic oxidation sites excluding steroid dienone is 1. The molecule has 1 N–H and O–H groups in total. The van der Waals surface area contributed by atoms with Gasteiger partial charge in [0.2, 0.25) is 0 Å². The summed E-state index contributed by atoms with van der Waals surface area (Å²) in [6.07, 6.45) is 0. The van der Waals surface area contributed by atoms with Gasteiger partial charge in [-0.05, 0) is 66.2 Å². The predicted octanol–water partition coefficient (Wildman–Crippen LogP) is 4.79. The molecule has 6 heteroatoms. The highest BCUT2D eigenvalue weighted by Crippen LogP contribution is 2.39. The molecule has 4 nitrogen and oxygen atoms in total. The second kappa shape index (κ2) is 6.22. The number of halogens is 1. The number of carbonyl (C=O) groups is 2. The maximum Gasteiger partial charge on any atom is 0.298 e. The Hall–Kier alpha value is -2.05.